The molecule has 0 saturated carbocycles. The van der Waals surface area contributed by atoms with E-state index in [9.17, 15) is 9.59 Å². The number of methoxy groups -OCH3 is 1. The standard InChI is InChI=1S/C16H19ClN4O3S/c1-20-7-6-18-16(20)25-10-15(23)21(2)9-14(22)19-12-8-11(17)4-5-13(12)24-3/h4-8H,9-10H2,1-3H3,(H,19,22). The number of rotatable bonds is 7. The summed E-state index contributed by atoms with van der Waals surface area (Å²) in [6.45, 7) is -0.0738. The molecule has 0 aliphatic carbocycles. The van der Waals surface area contributed by atoms with Gasteiger partial charge in [-0.3, -0.25) is 9.59 Å². The van der Waals surface area contributed by atoms with Crippen molar-refractivity contribution in [3.05, 3.63) is 35.6 Å². The molecule has 0 aliphatic rings. The molecule has 0 radical (unpaired) electrons. The van der Waals surface area contributed by atoms with Gasteiger partial charge in [0.2, 0.25) is 11.8 Å². The lowest BCUT2D eigenvalue weighted by molar-refractivity contribution is -0.131. The summed E-state index contributed by atoms with van der Waals surface area (Å²) in [7, 11) is 4.94. The number of aryl methyl sites for hydroxylation is 1. The number of thioether (sulfide) groups is 1. The zero-order valence-corrected chi connectivity index (χ0v) is 15.7. The number of aromatic nitrogens is 2. The van der Waals surface area contributed by atoms with E-state index in [1.165, 1.54) is 23.8 Å². The number of nitrogens with zero attached hydrogens (tertiary/aromatic N) is 3. The highest BCUT2D eigenvalue weighted by Gasteiger charge is 2.15. The van der Waals surface area contributed by atoms with Gasteiger partial charge in [0, 0.05) is 31.5 Å². The molecular weight excluding hydrogens is 364 g/mol. The average molecular weight is 383 g/mol. The number of benzene rings is 1. The Labute approximate surface area is 155 Å². The number of carbonyl (C=O) groups is 2. The number of hydrogen-bond donors (Lipinski definition) is 1. The number of likely N-dealkylation sites (N-methyl/N-ethyl adjacent to an activating group) is 1. The average Bonchev–Trinajstić information content (AvgIpc) is 2.97. The largest absolute Gasteiger partial charge is 0.495 e. The fourth-order valence-corrected chi connectivity index (χ4v) is 3.04. The lowest BCUT2D eigenvalue weighted by Crippen LogP contribution is -2.36. The van der Waals surface area contributed by atoms with Crippen LogP contribution < -0.4 is 10.1 Å². The normalized spacial score (nSPS) is 10.4. The molecule has 1 aromatic carbocycles. The maximum absolute atomic E-state index is 12.2. The van der Waals surface area contributed by atoms with Gasteiger partial charge in [0.05, 0.1) is 25.1 Å². The fourth-order valence-electron chi connectivity index (χ4n) is 2.00. The highest BCUT2D eigenvalue weighted by molar-refractivity contribution is 7.99. The van der Waals surface area contributed by atoms with E-state index in [2.05, 4.69) is 10.3 Å². The van der Waals surface area contributed by atoms with Crippen LogP contribution in [0.2, 0.25) is 5.02 Å². The van der Waals surface area contributed by atoms with Crippen molar-refractivity contribution in [2.45, 2.75) is 5.16 Å². The molecule has 7 nitrogen and oxygen atoms in total. The first-order valence-electron chi connectivity index (χ1n) is 7.38. The minimum Gasteiger partial charge on any atom is -0.495 e. The van der Waals surface area contributed by atoms with Crippen LogP contribution in [0.3, 0.4) is 0 Å². The summed E-state index contributed by atoms with van der Waals surface area (Å²) >= 11 is 7.25. The van der Waals surface area contributed by atoms with Crippen LogP contribution in [-0.2, 0) is 16.6 Å². The van der Waals surface area contributed by atoms with Crippen molar-refractivity contribution in [3.63, 3.8) is 0 Å². The molecule has 9 heteroatoms. The summed E-state index contributed by atoms with van der Waals surface area (Å²) in [5, 5.41) is 3.93. The molecule has 0 spiro atoms. The molecule has 1 N–H and O–H groups in total. The van der Waals surface area contributed by atoms with Crippen molar-refractivity contribution in [1.29, 1.82) is 0 Å². The second-order valence-corrected chi connectivity index (χ2v) is 6.63. The highest BCUT2D eigenvalue weighted by Crippen LogP contribution is 2.27. The Morgan fingerprint density at radius 3 is 2.84 bits per heavy atom. The van der Waals surface area contributed by atoms with E-state index in [0.29, 0.717) is 16.5 Å². The Balaban J connectivity index is 1.88. The topological polar surface area (TPSA) is 76.5 Å². The number of anilines is 1. The second kappa shape index (κ2) is 8.77. The number of nitrogens with one attached hydrogen (secondary N) is 1. The molecule has 0 saturated heterocycles. The summed E-state index contributed by atoms with van der Waals surface area (Å²) in [4.78, 5) is 29.8. The Morgan fingerprint density at radius 1 is 1.44 bits per heavy atom. The van der Waals surface area contributed by atoms with Crippen molar-refractivity contribution in [1.82, 2.24) is 14.5 Å². The van der Waals surface area contributed by atoms with Gasteiger partial charge in [0.1, 0.15) is 5.75 Å². The van der Waals surface area contributed by atoms with Crippen LogP contribution in [0.1, 0.15) is 0 Å². The first kappa shape index (κ1) is 19.1. The van der Waals surface area contributed by atoms with Gasteiger partial charge < -0.3 is 19.5 Å². The maximum Gasteiger partial charge on any atom is 0.244 e. The van der Waals surface area contributed by atoms with E-state index in [1.807, 2.05) is 17.8 Å². The fraction of sp³-hybridized carbons (Fsp3) is 0.312. The van der Waals surface area contributed by atoms with Crippen molar-refractivity contribution in [2.75, 3.05) is 31.8 Å². The third-order valence-electron chi connectivity index (χ3n) is 3.34. The number of amides is 2. The quantitative estimate of drug-likeness (QED) is 0.743. The Morgan fingerprint density at radius 2 is 2.20 bits per heavy atom. The summed E-state index contributed by atoms with van der Waals surface area (Å²) in [6, 6.07) is 4.92. The molecule has 2 amide bonds. The van der Waals surface area contributed by atoms with Crippen LogP contribution in [-0.4, -0.2) is 52.7 Å². The van der Waals surface area contributed by atoms with E-state index < -0.39 is 0 Å². The SMILES string of the molecule is COc1ccc(Cl)cc1NC(=O)CN(C)C(=O)CSc1nccn1C. The Bertz CT molecular complexity index is 766. The second-order valence-electron chi connectivity index (χ2n) is 5.25. The zero-order chi connectivity index (χ0) is 18.4. The smallest absolute Gasteiger partial charge is 0.244 e. The van der Waals surface area contributed by atoms with Gasteiger partial charge in [0.15, 0.2) is 5.16 Å². The molecule has 2 rings (SSSR count). The molecule has 1 heterocycles. The molecule has 0 atom stereocenters. The van der Waals surface area contributed by atoms with Gasteiger partial charge in [0.25, 0.3) is 0 Å². The monoisotopic (exact) mass is 382 g/mol. The molecule has 25 heavy (non-hydrogen) atoms. The van der Waals surface area contributed by atoms with E-state index in [0.717, 1.165) is 5.16 Å². The molecular formula is C16H19ClN4O3S. The van der Waals surface area contributed by atoms with Crippen molar-refractivity contribution < 1.29 is 14.3 Å². The Hall–Kier alpha value is -2.19. The number of ether oxygens (including phenoxy) is 1. The highest BCUT2D eigenvalue weighted by atomic mass is 35.5. The Kier molecular flexibility index (Phi) is 6.72. The number of hydrogen-bond acceptors (Lipinski definition) is 5. The molecule has 0 unspecified atom stereocenters. The molecule has 134 valence electrons. The van der Waals surface area contributed by atoms with Crippen LogP contribution in [0, 0.1) is 0 Å². The number of halogens is 1. The van der Waals surface area contributed by atoms with Gasteiger partial charge in [-0.1, -0.05) is 23.4 Å². The van der Waals surface area contributed by atoms with Crippen LogP contribution in [0.15, 0.2) is 35.7 Å². The first-order chi connectivity index (χ1) is 11.9. The van der Waals surface area contributed by atoms with Crippen molar-refractivity contribution in [3.8, 4) is 5.75 Å². The van der Waals surface area contributed by atoms with Gasteiger partial charge in [-0.15, -0.1) is 0 Å². The van der Waals surface area contributed by atoms with Crippen LogP contribution in [0.25, 0.3) is 0 Å². The maximum atomic E-state index is 12.2. The van der Waals surface area contributed by atoms with Crippen LogP contribution in [0.5, 0.6) is 5.75 Å². The van der Waals surface area contributed by atoms with E-state index in [4.69, 9.17) is 16.3 Å². The summed E-state index contributed by atoms with van der Waals surface area (Å²) in [5.41, 5.74) is 0.461. The number of imidazole rings is 1. The summed E-state index contributed by atoms with van der Waals surface area (Å²) < 4.78 is 7.01. The molecule has 1 aromatic heterocycles. The minimum atomic E-state index is -0.335. The van der Waals surface area contributed by atoms with Gasteiger partial charge in [-0.2, -0.15) is 0 Å². The van der Waals surface area contributed by atoms with Crippen LogP contribution >= 0.6 is 23.4 Å². The van der Waals surface area contributed by atoms with Crippen molar-refractivity contribution in [2.24, 2.45) is 7.05 Å². The van der Waals surface area contributed by atoms with E-state index >= 15 is 0 Å². The third kappa shape index (κ3) is 5.40. The van der Waals surface area contributed by atoms with Crippen LogP contribution in [0.4, 0.5) is 5.69 Å². The van der Waals surface area contributed by atoms with E-state index in [-0.39, 0.29) is 24.1 Å². The third-order valence-corrected chi connectivity index (χ3v) is 4.62. The molecule has 0 bridgehead atoms. The minimum absolute atomic E-state index is 0.0738. The van der Waals surface area contributed by atoms with Gasteiger partial charge in [-0.25, -0.2) is 4.98 Å². The van der Waals surface area contributed by atoms with Crippen molar-refractivity contribution >= 4 is 40.9 Å². The summed E-state index contributed by atoms with van der Waals surface area (Å²) in [5.74, 6) is 0.200. The number of carbonyl (C=O) groups excluding carboxylic acids is 2. The van der Waals surface area contributed by atoms with Gasteiger partial charge in [-0.05, 0) is 18.2 Å². The summed E-state index contributed by atoms with van der Waals surface area (Å²) in [6.07, 6.45) is 3.48. The zero-order valence-electron chi connectivity index (χ0n) is 14.2. The lowest BCUT2D eigenvalue weighted by Gasteiger charge is -2.17. The first-order valence-corrected chi connectivity index (χ1v) is 8.74. The lowest BCUT2D eigenvalue weighted by atomic mass is 10.3. The predicted molar refractivity (Wildman–Crippen MR) is 98.2 cm³/mol. The van der Waals surface area contributed by atoms with Gasteiger partial charge >= 0.3 is 0 Å². The molecule has 0 fully saturated rings. The van der Waals surface area contributed by atoms with E-state index in [1.54, 1.807) is 31.4 Å². The predicted octanol–water partition coefficient (Wildman–Crippen LogP) is 2.27. The molecule has 2 aromatic rings. The molecule has 0 aliphatic heterocycles.